The molecular formula is C12H19N5. The van der Waals surface area contributed by atoms with Gasteiger partial charge in [-0.1, -0.05) is 0 Å². The Labute approximate surface area is 101 Å². The maximum absolute atomic E-state index is 5.70. The second-order valence-electron chi connectivity index (χ2n) is 4.89. The molecule has 1 unspecified atom stereocenters. The monoisotopic (exact) mass is 233 g/mol. The molecule has 0 saturated carbocycles. The summed E-state index contributed by atoms with van der Waals surface area (Å²) in [5, 5.41) is 3.41. The molecule has 1 fully saturated rings. The molecule has 3 N–H and O–H groups in total. The molecule has 1 aromatic rings. The largest absolute Gasteiger partial charge is 0.359 e. The Morgan fingerprint density at radius 3 is 3.06 bits per heavy atom. The van der Waals surface area contributed by atoms with Gasteiger partial charge in [0.15, 0.2) is 0 Å². The Morgan fingerprint density at radius 1 is 1.47 bits per heavy atom. The molecule has 0 aromatic carbocycles. The second kappa shape index (κ2) is 4.23. The number of nitrogens with zero attached hydrogens (tertiary/aromatic N) is 3. The van der Waals surface area contributed by atoms with Gasteiger partial charge in [-0.25, -0.2) is 9.97 Å². The van der Waals surface area contributed by atoms with Gasteiger partial charge in [0.2, 0.25) is 0 Å². The number of nitrogens with one attached hydrogen (secondary N) is 1. The van der Waals surface area contributed by atoms with Gasteiger partial charge >= 0.3 is 0 Å². The van der Waals surface area contributed by atoms with Gasteiger partial charge < -0.3 is 16.0 Å². The third kappa shape index (κ3) is 1.79. The van der Waals surface area contributed by atoms with Gasteiger partial charge in [-0.05, 0) is 19.4 Å². The minimum Gasteiger partial charge on any atom is -0.359 e. The average molecular weight is 233 g/mol. The molecular weight excluding hydrogens is 214 g/mol. The minimum absolute atomic E-state index is 0.425. The fourth-order valence-electron chi connectivity index (χ4n) is 2.79. The Morgan fingerprint density at radius 2 is 2.35 bits per heavy atom. The van der Waals surface area contributed by atoms with Gasteiger partial charge in [0.1, 0.15) is 11.6 Å². The second-order valence-corrected chi connectivity index (χ2v) is 4.89. The smallest absolute Gasteiger partial charge is 0.144 e. The standard InChI is InChI=1S/C12H19N5/c1-17-5-3-9-11(8-2-4-14-7-8)15-10(6-13)16-12(9)17/h8,14H,2-7,13H2,1H3. The highest BCUT2D eigenvalue weighted by atomic mass is 15.2. The zero-order chi connectivity index (χ0) is 11.8. The maximum Gasteiger partial charge on any atom is 0.144 e. The average Bonchev–Trinajstić information content (AvgIpc) is 2.98. The minimum atomic E-state index is 0.425. The predicted octanol–water partition coefficient (Wildman–Crippen LogP) is 0.00450. The first-order valence-electron chi connectivity index (χ1n) is 6.31. The SMILES string of the molecule is CN1CCc2c(C3CCNC3)nc(CN)nc21. The Balaban J connectivity index is 2.06. The van der Waals surface area contributed by atoms with E-state index in [1.54, 1.807) is 0 Å². The predicted molar refractivity (Wildman–Crippen MR) is 67.1 cm³/mol. The van der Waals surface area contributed by atoms with Crippen LogP contribution in [-0.4, -0.2) is 36.6 Å². The van der Waals surface area contributed by atoms with Gasteiger partial charge in [0, 0.05) is 31.6 Å². The lowest BCUT2D eigenvalue weighted by Crippen LogP contribution is -2.17. The van der Waals surface area contributed by atoms with Crippen LogP contribution in [-0.2, 0) is 13.0 Å². The van der Waals surface area contributed by atoms with Gasteiger partial charge in [-0.3, -0.25) is 0 Å². The molecule has 17 heavy (non-hydrogen) atoms. The van der Waals surface area contributed by atoms with Crippen LogP contribution in [0.3, 0.4) is 0 Å². The summed E-state index contributed by atoms with van der Waals surface area (Å²) < 4.78 is 0. The van der Waals surface area contributed by atoms with E-state index in [0.29, 0.717) is 12.5 Å². The van der Waals surface area contributed by atoms with Crippen LogP contribution in [0.4, 0.5) is 5.82 Å². The van der Waals surface area contributed by atoms with Crippen molar-refractivity contribution in [3.8, 4) is 0 Å². The molecule has 2 aliphatic rings. The van der Waals surface area contributed by atoms with Crippen LogP contribution in [0.25, 0.3) is 0 Å². The molecule has 3 heterocycles. The number of anilines is 1. The van der Waals surface area contributed by atoms with Crippen molar-refractivity contribution in [2.45, 2.75) is 25.3 Å². The summed E-state index contributed by atoms with van der Waals surface area (Å²) in [4.78, 5) is 11.4. The molecule has 0 aliphatic carbocycles. The van der Waals surface area contributed by atoms with Gasteiger partial charge in [0.05, 0.1) is 12.2 Å². The number of fused-ring (bicyclic) bond motifs is 1. The maximum atomic E-state index is 5.70. The zero-order valence-electron chi connectivity index (χ0n) is 10.2. The first kappa shape index (κ1) is 10.9. The van der Waals surface area contributed by atoms with Gasteiger partial charge in [0.25, 0.3) is 0 Å². The van der Waals surface area contributed by atoms with E-state index in [1.165, 1.54) is 17.7 Å². The fraction of sp³-hybridized carbons (Fsp3) is 0.667. The van der Waals surface area contributed by atoms with Crippen molar-refractivity contribution in [2.75, 3.05) is 31.6 Å². The quantitative estimate of drug-likeness (QED) is 0.753. The van der Waals surface area contributed by atoms with Crippen LogP contribution in [0.5, 0.6) is 0 Å². The van der Waals surface area contributed by atoms with E-state index < -0.39 is 0 Å². The molecule has 0 radical (unpaired) electrons. The third-order valence-corrected chi connectivity index (χ3v) is 3.75. The van der Waals surface area contributed by atoms with E-state index in [9.17, 15) is 0 Å². The van der Waals surface area contributed by atoms with Crippen molar-refractivity contribution >= 4 is 5.82 Å². The molecule has 92 valence electrons. The summed E-state index contributed by atoms with van der Waals surface area (Å²) in [7, 11) is 2.09. The van der Waals surface area contributed by atoms with Crippen LogP contribution in [0.2, 0.25) is 0 Å². The van der Waals surface area contributed by atoms with Crippen LogP contribution >= 0.6 is 0 Å². The van der Waals surface area contributed by atoms with Gasteiger partial charge in [-0.2, -0.15) is 0 Å². The summed E-state index contributed by atoms with van der Waals surface area (Å²) in [5.41, 5.74) is 8.28. The molecule has 1 aromatic heterocycles. The molecule has 0 amide bonds. The lowest BCUT2D eigenvalue weighted by Gasteiger charge is -2.16. The summed E-state index contributed by atoms with van der Waals surface area (Å²) in [6.45, 7) is 3.61. The number of likely N-dealkylation sites (N-methyl/N-ethyl adjacent to an activating group) is 1. The van der Waals surface area contributed by atoms with E-state index in [2.05, 4.69) is 27.2 Å². The van der Waals surface area contributed by atoms with E-state index in [-0.39, 0.29) is 0 Å². The molecule has 0 bridgehead atoms. The molecule has 0 spiro atoms. The van der Waals surface area contributed by atoms with Crippen molar-refractivity contribution in [1.29, 1.82) is 0 Å². The molecule has 5 heteroatoms. The molecule has 1 saturated heterocycles. The summed E-state index contributed by atoms with van der Waals surface area (Å²) in [6.07, 6.45) is 2.25. The highest BCUT2D eigenvalue weighted by molar-refractivity contribution is 5.54. The van der Waals surface area contributed by atoms with Crippen molar-refractivity contribution in [3.05, 3.63) is 17.1 Å². The van der Waals surface area contributed by atoms with E-state index in [0.717, 1.165) is 37.7 Å². The third-order valence-electron chi connectivity index (χ3n) is 3.75. The van der Waals surface area contributed by atoms with Crippen molar-refractivity contribution < 1.29 is 0 Å². The topological polar surface area (TPSA) is 67.1 Å². The van der Waals surface area contributed by atoms with Crippen LogP contribution in [0, 0.1) is 0 Å². The number of aromatic nitrogens is 2. The molecule has 2 aliphatic heterocycles. The number of hydrogen-bond donors (Lipinski definition) is 2. The zero-order valence-corrected chi connectivity index (χ0v) is 10.2. The Hall–Kier alpha value is -1.20. The highest BCUT2D eigenvalue weighted by Gasteiger charge is 2.28. The van der Waals surface area contributed by atoms with Gasteiger partial charge in [-0.15, -0.1) is 0 Å². The molecule has 1 atom stereocenters. The first-order chi connectivity index (χ1) is 8.29. The number of hydrogen-bond acceptors (Lipinski definition) is 5. The number of rotatable bonds is 2. The van der Waals surface area contributed by atoms with Crippen LogP contribution < -0.4 is 16.0 Å². The Kier molecular flexibility index (Phi) is 2.72. The summed E-state index contributed by atoms with van der Waals surface area (Å²) >= 11 is 0. The summed E-state index contributed by atoms with van der Waals surface area (Å²) in [6, 6.07) is 0. The molecule has 3 rings (SSSR count). The fourth-order valence-corrected chi connectivity index (χ4v) is 2.79. The Bertz CT molecular complexity index is 425. The lowest BCUT2D eigenvalue weighted by atomic mass is 9.99. The van der Waals surface area contributed by atoms with Crippen molar-refractivity contribution in [2.24, 2.45) is 5.73 Å². The van der Waals surface area contributed by atoms with Crippen molar-refractivity contribution in [3.63, 3.8) is 0 Å². The number of nitrogens with two attached hydrogens (primary N) is 1. The summed E-state index contributed by atoms with van der Waals surface area (Å²) in [5.74, 6) is 2.42. The molecule has 5 nitrogen and oxygen atoms in total. The van der Waals surface area contributed by atoms with Crippen LogP contribution in [0.15, 0.2) is 0 Å². The van der Waals surface area contributed by atoms with Crippen molar-refractivity contribution in [1.82, 2.24) is 15.3 Å². The van der Waals surface area contributed by atoms with E-state index in [1.807, 2.05) is 0 Å². The van der Waals surface area contributed by atoms with E-state index in [4.69, 9.17) is 5.73 Å². The normalized spacial score (nSPS) is 23.2. The van der Waals surface area contributed by atoms with Crippen LogP contribution in [0.1, 0.15) is 29.4 Å². The van der Waals surface area contributed by atoms with E-state index >= 15 is 0 Å². The highest BCUT2D eigenvalue weighted by Crippen LogP contribution is 2.32. The first-order valence-corrected chi connectivity index (χ1v) is 6.31. The lowest BCUT2D eigenvalue weighted by molar-refractivity contribution is 0.707.